The maximum atomic E-state index is 12.3. The standard InChI is InChI=1S/C19H16N4O3S/c1-26-15-7-4-8-16-18(15)22-19(27-16)21-17(25)9-10-23-13-6-3-2-5-12(13)14(24)11-20-23/h2-8,11H,9-10H2,1H3,(H,21,22,25). The van der Waals surface area contributed by atoms with E-state index in [-0.39, 0.29) is 17.8 Å². The number of ether oxygens (including phenoxy) is 1. The Hall–Kier alpha value is -3.26. The molecule has 0 atom stereocenters. The van der Waals surface area contributed by atoms with Crippen LogP contribution >= 0.6 is 11.3 Å². The van der Waals surface area contributed by atoms with Gasteiger partial charge in [-0.25, -0.2) is 4.98 Å². The number of thiazole rings is 1. The fourth-order valence-corrected chi connectivity index (χ4v) is 3.77. The van der Waals surface area contributed by atoms with Crippen molar-refractivity contribution >= 4 is 43.5 Å². The van der Waals surface area contributed by atoms with Gasteiger partial charge in [0.1, 0.15) is 11.3 Å². The van der Waals surface area contributed by atoms with Gasteiger partial charge < -0.3 is 10.1 Å². The van der Waals surface area contributed by atoms with Crippen LogP contribution in [-0.4, -0.2) is 27.8 Å². The van der Waals surface area contributed by atoms with E-state index < -0.39 is 0 Å². The minimum atomic E-state index is -0.169. The van der Waals surface area contributed by atoms with E-state index in [2.05, 4.69) is 15.4 Å². The zero-order valence-corrected chi connectivity index (χ0v) is 15.3. The van der Waals surface area contributed by atoms with Crippen molar-refractivity contribution in [2.24, 2.45) is 0 Å². The minimum Gasteiger partial charge on any atom is -0.494 e. The molecule has 4 rings (SSSR count). The summed E-state index contributed by atoms with van der Waals surface area (Å²) >= 11 is 1.39. The molecule has 4 aromatic rings. The van der Waals surface area contributed by atoms with Crippen molar-refractivity contribution < 1.29 is 9.53 Å². The van der Waals surface area contributed by atoms with Crippen molar-refractivity contribution in [2.75, 3.05) is 12.4 Å². The van der Waals surface area contributed by atoms with Gasteiger partial charge in [0, 0.05) is 11.8 Å². The van der Waals surface area contributed by atoms with Gasteiger partial charge in [-0.2, -0.15) is 5.10 Å². The molecule has 0 bridgehead atoms. The number of methoxy groups -OCH3 is 1. The molecule has 1 N–H and O–H groups in total. The Morgan fingerprint density at radius 3 is 2.93 bits per heavy atom. The Bertz CT molecular complexity index is 1200. The summed E-state index contributed by atoms with van der Waals surface area (Å²) < 4.78 is 7.90. The molecular weight excluding hydrogens is 364 g/mol. The average molecular weight is 380 g/mol. The van der Waals surface area contributed by atoms with Gasteiger partial charge in [0.05, 0.1) is 30.1 Å². The van der Waals surface area contributed by atoms with Gasteiger partial charge in [0.25, 0.3) is 0 Å². The molecule has 2 aromatic heterocycles. The summed E-state index contributed by atoms with van der Waals surface area (Å²) in [5.41, 5.74) is 1.31. The van der Waals surface area contributed by atoms with Crippen LogP contribution in [0.15, 0.2) is 53.5 Å². The molecule has 27 heavy (non-hydrogen) atoms. The third kappa shape index (κ3) is 3.39. The van der Waals surface area contributed by atoms with Crippen LogP contribution in [0.3, 0.4) is 0 Å². The molecular formula is C19H16N4O3S. The second kappa shape index (κ2) is 7.16. The van der Waals surface area contributed by atoms with Crippen LogP contribution in [0.2, 0.25) is 0 Å². The van der Waals surface area contributed by atoms with Crippen LogP contribution in [0.5, 0.6) is 5.75 Å². The van der Waals surface area contributed by atoms with E-state index in [9.17, 15) is 9.59 Å². The number of fused-ring (bicyclic) bond motifs is 2. The number of aromatic nitrogens is 3. The van der Waals surface area contributed by atoms with Crippen molar-refractivity contribution in [1.82, 2.24) is 14.8 Å². The summed E-state index contributed by atoms with van der Waals surface area (Å²) in [4.78, 5) is 28.7. The molecule has 1 amide bonds. The smallest absolute Gasteiger partial charge is 0.228 e. The first-order valence-corrected chi connectivity index (χ1v) is 9.15. The van der Waals surface area contributed by atoms with Gasteiger partial charge >= 0.3 is 0 Å². The number of nitrogens with zero attached hydrogens (tertiary/aromatic N) is 3. The Morgan fingerprint density at radius 2 is 2.07 bits per heavy atom. The third-order valence-electron chi connectivity index (χ3n) is 4.16. The lowest BCUT2D eigenvalue weighted by molar-refractivity contribution is -0.116. The van der Waals surface area contributed by atoms with E-state index in [0.29, 0.717) is 28.3 Å². The van der Waals surface area contributed by atoms with E-state index in [1.165, 1.54) is 17.5 Å². The topological polar surface area (TPSA) is 86.1 Å². The van der Waals surface area contributed by atoms with Crippen LogP contribution in [0.1, 0.15) is 6.42 Å². The maximum absolute atomic E-state index is 12.3. The minimum absolute atomic E-state index is 0.130. The van der Waals surface area contributed by atoms with E-state index >= 15 is 0 Å². The van der Waals surface area contributed by atoms with E-state index in [4.69, 9.17) is 4.74 Å². The van der Waals surface area contributed by atoms with Gasteiger partial charge in [-0.1, -0.05) is 29.5 Å². The number of para-hydroxylation sites is 2. The van der Waals surface area contributed by atoms with Crippen molar-refractivity contribution in [2.45, 2.75) is 13.0 Å². The average Bonchev–Trinajstić information content (AvgIpc) is 3.10. The van der Waals surface area contributed by atoms with E-state index in [1.807, 2.05) is 36.4 Å². The number of nitrogens with one attached hydrogen (secondary N) is 1. The summed E-state index contributed by atoms with van der Waals surface area (Å²) in [5, 5.41) is 8.07. The van der Waals surface area contributed by atoms with Gasteiger partial charge in [-0.05, 0) is 24.3 Å². The Labute approximate surface area is 158 Å². The molecule has 2 heterocycles. The molecule has 7 nitrogen and oxygen atoms in total. The molecule has 0 radical (unpaired) electrons. The van der Waals surface area contributed by atoms with Crippen molar-refractivity contribution in [1.29, 1.82) is 0 Å². The number of hydrogen-bond acceptors (Lipinski definition) is 6. The molecule has 0 saturated carbocycles. The SMILES string of the molecule is COc1cccc2sc(NC(=O)CCn3ncc(=O)c4ccccc43)nc12. The van der Waals surface area contributed by atoms with Crippen LogP contribution in [-0.2, 0) is 11.3 Å². The highest BCUT2D eigenvalue weighted by Gasteiger charge is 2.12. The van der Waals surface area contributed by atoms with E-state index in [1.54, 1.807) is 17.9 Å². The molecule has 0 fully saturated rings. The second-order valence-electron chi connectivity index (χ2n) is 5.87. The van der Waals surface area contributed by atoms with Crippen LogP contribution in [0.25, 0.3) is 21.1 Å². The number of amides is 1. The predicted octanol–water partition coefficient (Wildman–Crippen LogP) is 3.04. The fourth-order valence-electron chi connectivity index (χ4n) is 2.87. The highest BCUT2D eigenvalue weighted by Crippen LogP contribution is 2.32. The van der Waals surface area contributed by atoms with Crippen molar-refractivity contribution in [3.8, 4) is 5.75 Å². The number of rotatable bonds is 5. The molecule has 0 aliphatic heterocycles. The number of benzene rings is 2. The lowest BCUT2D eigenvalue weighted by Gasteiger charge is -2.08. The number of hydrogen-bond donors (Lipinski definition) is 1. The Morgan fingerprint density at radius 1 is 1.22 bits per heavy atom. The number of anilines is 1. The number of carbonyl (C=O) groups excluding carboxylic acids is 1. The van der Waals surface area contributed by atoms with Gasteiger partial charge in [-0.15, -0.1) is 0 Å². The summed E-state index contributed by atoms with van der Waals surface area (Å²) in [6, 6.07) is 12.9. The lowest BCUT2D eigenvalue weighted by atomic mass is 10.2. The molecule has 0 saturated heterocycles. The highest BCUT2D eigenvalue weighted by atomic mass is 32.1. The Kier molecular flexibility index (Phi) is 4.55. The van der Waals surface area contributed by atoms with Gasteiger partial charge in [0.2, 0.25) is 11.3 Å². The molecule has 136 valence electrons. The first kappa shape index (κ1) is 17.2. The summed E-state index contributed by atoms with van der Waals surface area (Å²) in [5.74, 6) is 0.505. The largest absolute Gasteiger partial charge is 0.494 e. The zero-order valence-electron chi connectivity index (χ0n) is 14.5. The zero-order chi connectivity index (χ0) is 18.8. The molecule has 2 aromatic carbocycles. The lowest BCUT2D eigenvalue weighted by Crippen LogP contribution is -2.17. The van der Waals surface area contributed by atoms with Gasteiger partial charge in [0.15, 0.2) is 5.13 Å². The first-order chi connectivity index (χ1) is 13.2. The van der Waals surface area contributed by atoms with Crippen LogP contribution in [0.4, 0.5) is 5.13 Å². The second-order valence-corrected chi connectivity index (χ2v) is 6.90. The normalized spacial score (nSPS) is 11.0. The summed E-state index contributed by atoms with van der Waals surface area (Å²) in [7, 11) is 1.59. The molecule has 0 aliphatic carbocycles. The monoisotopic (exact) mass is 380 g/mol. The molecule has 0 aliphatic rings. The Balaban J connectivity index is 1.49. The summed E-state index contributed by atoms with van der Waals surface area (Å²) in [6.07, 6.45) is 1.49. The maximum Gasteiger partial charge on any atom is 0.228 e. The first-order valence-electron chi connectivity index (χ1n) is 8.34. The van der Waals surface area contributed by atoms with Crippen LogP contribution in [0, 0.1) is 0 Å². The van der Waals surface area contributed by atoms with Crippen molar-refractivity contribution in [3.05, 3.63) is 58.9 Å². The third-order valence-corrected chi connectivity index (χ3v) is 5.10. The quantitative estimate of drug-likeness (QED) is 0.575. The molecule has 0 spiro atoms. The van der Waals surface area contributed by atoms with Crippen molar-refractivity contribution in [3.63, 3.8) is 0 Å². The highest BCUT2D eigenvalue weighted by molar-refractivity contribution is 7.22. The summed E-state index contributed by atoms with van der Waals surface area (Å²) in [6.45, 7) is 0.362. The van der Waals surface area contributed by atoms with E-state index in [0.717, 1.165) is 10.2 Å². The van der Waals surface area contributed by atoms with Gasteiger partial charge in [-0.3, -0.25) is 14.3 Å². The molecule has 8 heteroatoms. The van der Waals surface area contributed by atoms with Crippen LogP contribution < -0.4 is 15.5 Å². The number of carbonyl (C=O) groups is 1. The molecule has 0 unspecified atom stereocenters. The predicted molar refractivity (Wildman–Crippen MR) is 105 cm³/mol. The number of aryl methyl sites for hydroxylation is 1. The fraction of sp³-hybridized carbons (Fsp3) is 0.158.